The van der Waals surface area contributed by atoms with Gasteiger partial charge in [-0.05, 0) is 25.1 Å². The molecule has 0 saturated carbocycles. The Morgan fingerprint density at radius 2 is 2.23 bits per heavy atom. The topological polar surface area (TPSA) is 101 Å². The Balaban J connectivity index is 1.75. The maximum Gasteiger partial charge on any atom is 0.439 e. The van der Waals surface area contributed by atoms with E-state index in [4.69, 9.17) is 4.42 Å². The van der Waals surface area contributed by atoms with Gasteiger partial charge in [0.15, 0.2) is 5.82 Å². The molecule has 7 heteroatoms. The highest BCUT2D eigenvalue weighted by Gasteiger charge is 2.10. The fourth-order valence-electron chi connectivity index (χ4n) is 2.03. The van der Waals surface area contributed by atoms with Crippen molar-refractivity contribution >= 4 is 5.91 Å². The first-order valence-corrected chi connectivity index (χ1v) is 6.61. The van der Waals surface area contributed by atoms with Gasteiger partial charge in [0, 0.05) is 23.2 Å². The van der Waals surface area contributed by atoms with Crippen molar-refractivity contribution in [1.82, 2.24) is 15.5 Å². The van der Waals surface area contributed by atoms with Gasteiger partial charge in [-0.25, -0.2) is 4.79 Å². The normalized spacial score (nSPS) is 10.6. The van der Waals surface area contributed by atoms with Gasteiger partial charge in [-0.15, -0.1) is 0 Å². The Hall–Kier alpha value is -3.09. The van der Waals surface area contributed by atoms with Gasteiger partial charge in [-0.2, -0.15) is 0 Å². The van der Waals surface area contributed by atoms with Gasteiger partial charge in [0.25, 0.3) is 5.91 Å². The first-order valence-electron chi connectivity index (χ1n) is 6.61. The van der Waals surface area contributed by atoms with Gasteiger partial charge >= 0.3 is 5.76 Å². The van der Waals surface area contributed by atoms with E-state index in [1.165, 1.54) is 0 Å². The van der Waals surface area contributed by atoms with Crippen molar-refractivity contribution in [3.8, 4) is 11.4 Å². The summed E-state index contributed by atoms with van der Waals surface area (Å²) in [6.07, 6.45) is 1.58. The molecule has 0 aliphatic carbocycles. The SMILES string of the molecule is Cc1occc1CNC(=O)c1cccc(-c2noc(=O)[nH]2)c1. The van der Waals surface area contributed by atoms with Crippen LogP contribution in [0.2, 0.25) is 0 Å². The highest BCUT2D eigenvalue weighted by molar-refractivity contribution is 5.95. The second-order valence-electron chi connectivity index (χ2n) is 4.71. The summed E-state index contributed by atoms with van der Waals surface area (Å²) >= 11 is 0. The number of H-pyrrole nitrogens is 1. The summed E-state index contributed by atoms with van der Waals surface area (Å²) in [5.74, 6) is 0.188. The molecule has 3 aromatic rings. The number of aromatic nitrogens is 2. The summed E-state index contributed by atoms with van der Waals surface area (Å²) in [7, 11) is 0. The molecule has 0 aliphatic heterocycles. The van der Waals surface area contributed by atoms with Crippen LogP contribution in [0.15, 0.2) is 50.3 Å². The molecule has 1 aromatic carbocycles. The average molecular weight is 299 g/mol. The van der Waals surface area contributed by atoms with E-state index >= 15 is 0 Å². The third-order valence-electron chi connectivity index (χ3n) is 3.24. The van der Waals surface area contributed by atoms with Crippen LogP contribution in [0.3, 0.4) is 0 Å². The minimum Gasteiger partial charge on any atom is -0.469 e. The Kier molecular flexibility index (Phi) is 3.61. The molecule has 0 atom stereocenters. The molecule has 0 bridgehead atoms. The van der Waals surface area contributed by atoms with E-state index < -0.39 is 5.76 Å². The Bertz CT molecular complexity index is 859. The number of hydrogen-bond acceptors (Lipinski definition) is 5. The number of nitrogens with one attached hydrogen (secondary N) is 2. The van der Waals surface area contributed by atoms with Gasteiger partial charge in [0.1, 0.15) is 5.76 Å². The lowest BCUT2D eigenvalue weighted by Crippen LogP contribution is -2.22. The van der Waals surface area contributed by atoms with Crippen molar-refractivity contribution in [2.24, 2.45) is 0 Å². The predicted octanol–water partition coefficient (Wildman–Crippen LogP) is 1.86. The Labute approximate surface area is 124 Å². The van der Waals surface area contributed by atoms with Crippen LogP contribution in [-0.4, -0.2) is 16.0 Å². The number of aryl methyl sites for hydroxylation is 1. The summed E-state index contributed by atoms with van der Waals surface area (Å²) in [6.45, 7) is 2.22. The second-order valence-corrected chi connectivity index (χ2v) is 4.71. The second kappa shape index (κ2) is 5.72. The highest BCUT2D eigenvalue weighted by atomic mass is 16.5. The lowest BCUT2D eigenvalue weighted by Gasteiger charge is -2.05. The predicted molar refractivity (Wildman–Crippen MR) is 77.2 cm³/mol. The summed E-state index contributed by atoms with van der Waals surface area (Å²) in [6, 6.07) is 8.56. The molecular weight excluding hydrogens is 286 g/mol. The van der Waals surface area contributed by atoms with Crippen LogP contribution in [0.25, 0.3) is 11.4 Å². The van der Waals surface area contributed by atoms with Gasteiger partial charge in [0.05, 0.1) is 6.26 Å². The molecule has 22 heavy (non-hydrogen) atoms. The van der Waals surface area contributed by atoms with Crippen LogP contribution in [0.5, 0.6) is 0 Å². The fraction of sp³-hybridized carbons (Fsp3) is 0.133. The lowest BCUT2D eigenvalue weighted by molar-refractivity contribution is 0.0951. The largest absolute Gasteiger partial charge is 0.469 e. The molecule has 2 heterocycles. The van der Waals surface area contributed by atoms with Crippen molar-refractivity contribution < 1.29 is 13.7 Å². The van der Waals surface area contributed by atoms with E-state index in [2.05, 4.69) is 20.0 Å². The Morgan fingerprint density at radius 1 is 1.36 bits per heavy atom. The zero-order valence-corrected chi connectivity index (χ0v) is 11.8. The summed E-state index contributed by atoms with van der Waals surface area (Å²) in [4.78, 5) is 25.6. The minimum atomic E-state index is -0.639. The van der Waals surface area contributed by atoms with Crippen LogP contribution in [0.1, 0.15) is 21.7 Å². The lowest BCUT2D eigenvalue weighted by atomic mass is 10.1. The van der Waals surface area contributed by atoms with Crippen molar-refractivity contribution in [3.05, 3.63) is 64.0 Å². The standard InChI is InChI=1S/C15H13N3O4/c1-9-12(5-6-21-9)8-16-14(19)11-4-2-3-10(7-11)13-17-15(20)22-18-13/h2-7H,8H2,1H3,(H,16,19)(H,17,18,20). The molecule has 1 amide bonds. The average Bonchev–Trinajstić information content (AvgIpc) is 3.13. The van der Waals surface area contributed by atoms with Crippen LogP contribution in [-0.2, 0) is 6.54 Å². The molecule has 0 fully saturated rings. The van der Waals surface area contributed by atoms with Crippen LogP contribution < -0.4 is 11.1 Å². The maximum absolute atomic E-state index is 12.2. The molecule has 0 radical (unpaired) electrons. The van der Waals surface area contributed by atoms with Crippen molar-refractivity contribution in [1.29, 1.82) is 0 Å². The number of nitrogens with zero attached hydrogens (tertiary/aromatic N) is 1. The molecule has 0 spiro atoms. The van der Waals surface area contributed by atoms with Crippen LogP contribution in [0.4, 0.5) is 0 Å². The molecule has 2 N–H and O–H groups in total. The molecule has 2 aromatic heterocycles. The Morgan fingerprint density at radius 3 is 2.91 bits per heavy atom. The number of carbonyl (C=O) groups is 1. The van der Waals surface area contributed by atoms with E-state index in [-0.39, 0.29) is 11.7 Å². The summed E-state index contributed by atoms with van der Waals surface area (Å²) in [5.41, 5.74) is 1.98. The molecule has 112 valence electrons. The maximum atomic E-state index is 12.2. The quantitative estimate of drug-likeness (QED) is 0.765. The van der Waals surface area contributed by atoms with Crippen molar-refractivity contribution in [3.63, 3.8) is 0 Å². The minimum absolute atomic E-state index is 0.228. The van der Waals surface area contributed by atoms with Gasteiger partial charge in [-0.1, -0.05) is 17.3 Å². The third kappa shape index (κ3) is 2.83. The first-order chi connectivity index (χ1) is 10.6. The zero-order valence-electron chi connectivity index (χ0n) is 11.8. The number of carbonyl (C=O) groups excluding carboxylic acids is 1. The number of amides is 1. The molecule has 7 nitrogen and oxygen atoms in total. The fourth-order valence-corrected chi connectivity index (χ4v) is 2.03. The van der Waals surface area contributed by atoms with Gasteiger partial charge in [0.2, 0.25) is 0 Å². The first kappa shape index (κ1) is 13.9. The van der Waals surface area contributed by atoms with E-state index in [1.54, 1.807) is 30.5 Å². The summed E-state index contributed by atoms with van der Waals surface area (Å²) in [5, 5.41) is 6.41. The van der Waals surface area contributed by atoms with E-state index in [9.17, 15) is 9.59 Å². The van der Waals surface area contributed by atoms with Gasteiger partial charge < -0.3 is 9.73 Å². The molecule has 0 aliphatic rings. The number of furan rings is 1. The molecule has 0 saturated heterocycles. The molecule has 3 rings (SSSR count). The molecule has 0 unspecified atom stereocenters. The highest BCUT2D eigenvalue weighted by Crippen LogP contribution is 2.15. The van der Waals surface area contributed by atoms with E-state index in [0.29, 0.717) is 17.7 Å². The number of rotatable bonds is 4. The van der Waals surface area contributed by atoms with Crippen molar-refractivity contribution in [2.75, 3.05) is 0 Å². The number of benzene rings is 1. The monoisotopic (exact) mass is 299 g/mol. The van der Waals surface area contributed by atoms with Crippen LogP contribution in [0, 0.1) is 6.92 Å². The zero-order chi connectivity index (χ0) is 15.5. The van der Waals surface area contributed by atoms with Gasteiger partial charge in [-0.3, -0.25) is 14.3 Å². The number of aromatic amines is 1. The molecular formula is C15H13N3O4. The smallest absolute Gasteiger partial charge is 0.439 e. The third-order valence-corrected chi connectivity index (χ3v) is 3.24. The van der Waals surface area contributed by atoms with E-state index in [0.717, 1.165) is 11.3 Å². The van der Waals surface area contributed by atoms with Crippen molar-refractivity contribution in [2.45, 2.75) is 13.5 Å². The van der Waals surface area contributed by atoms with Crippen LogP contribution >= 0.6 is 0 Å². The number of hydrogen-bond donors (Lipinski definition) is 2. The summed E-state index contributed by atoms with van der Waals surface area (Å²) < 4.78 is 9.63. The van der Waals surface area contributed by atoms with E-state index in [1.807, 2.05) is 13.0 Å².